The Kier molecular flexibility index (Phi) is 6.70. The van der Waals surface area contributed by atoms with Crippen molar-refractivity contribution in [1.82, 2.24) is 20.5 Å². The number of hydrogen-bond acceptors (Lipinski definition) is 3. The Morgan fingerprint density at radius 1 is 1.21 bits per heavy atom. The molecule has 3 N–H and O–H groups in total. The highest BCUT2D eigenvalue weighted by molar-refractivity contribution is 6.41. The molecule has 0 atom stereocenters. The molecule has 1 saturated heterocycles. The zero-order valence-corrected chi connectivity index (χ0v) is 17.4. The summed E-state index contributed by atoms with van der Waals surface area (Å²) in [5.74, 6) is 0.748. The second kappa shape index (κ2) is 9.21. The number of amides is 1. The number of aliphatic imine (C=N–C) groups is 1. The van der Waals surface area contributed by atoms with Gasteiger partial charge in [0.1, 0.15) is 5.15 Å². The Morgan fingerprint density at radius 2 is 1.93 bits per heavy atom. The zero-order chi connectivity index (χ0) is 20.1. The van der Waals surface area contributed by atoms with Crippen molar-refractivity contribution in [3.63, 3.8) is 0 Å². The summed E-state index contributed by atoms with van der Waals surface area (Å²) in [6.45, 7) is 3.10. The first kappa shape index (κ1) is 20.4. The molecule has 1 fully saturated rings. The molecule has 28 heavy (non-hydrogen) atoms. The molecule has 150 valence electrons. The third-order valence-corrected chi connectivity index (χ3v) is 5.52. The Hall–Kier alpha value is -2.38. The average Bonchev–Trinajstić information content (AvgIpc) is 2.95. The number of nitrogens with zero attached hydrogens (tertiary/aromatic N) is 3. The summed E-state index contributed by atoms with van der Waals surface area (Å²) < 4.78 is 1.84. The van der Waals surface area contributed by atoms with Crippen LogP contribution in [0.5, 0.6) is 0 Å². The first-order valence-electron chi connectivity index (χ1n) is 9.02. The SMILES string of the molecule is CN=C(NCc1ccc(N2CCNC(=O)C2)cc1)NCc1cc(Cl)c(Cl)n1C. The number of rotatable bonds is 5. The number of benzene rings is 1. The summed E-state index contributed by atoms with van der Waals surface area (Å²) in [6.07, 6.45) is 0. The van der Waals surface area contributed by atoms with E-state index in [0.29, 0.717) is 42.3 Å². The number of halogens is 2. The van der Waals surface area contributed by atoms with Gasteiger partial charge in [0.2, 0.25) is 5.91 Å². The van der Waals surface area contributed by atoms with Crippen molar-refractivity contribution in [3.05, 3.63) is 51.8 Å². The second-order valence-electron chi connectivity index (χ2n) is 6.55. The van der Waals surface area contributed by atoms with Crippen LogP contribution < -0.4 is 20.9 Å². The molecule has 0 radical (unpaired) electrons. The molecular weight excluding hydrogens is 399 g/mol. The van der Waals surface area contributed by atoms with E-state index in [1.54, 1.807) is 7.05 Å². The summed E-state index contributed by atoms with van der Waals surface area (Å²) in [5.41, 5.74) is 3.14. The van der Waals surface area contributed by atoms with E-state index in [9.17, 15) is 4.79 Å². The summed E-state index contributed by atoms with van der Waals surface area (Å²) in [7, 11) is 3.60. The van der Waals surface area contributed by atoms with Crippen molar-refractivity contribution in [2.45, 2.75) is 13.1 Å². The lowest BCUT2D eigenvalue weighted by atomic mass is 10.2. The highest BCUT2D eigenvalue weighted by atomic mass is 35.5. The average molecular weight is 423 g/mol. The van der Waals surface area contributed by atoms with E-state index in [-0.39, 0.29) is 5.91 Å². The fourth-order valence-electron chi connectivity index (χ4n) is 3.02. The number of aromatic nitrogens is 1. The van der Waals surface area contributed by atoms with Gasteiger partial charge in [0, 0.05) is 45.1 Å². The number of piperazine rings is 1. The maximum absolute atomic E-state index is 11.5. The lowest BCUT2D eigenvalue weighted by molar-refractivity contribution is -0.120. The molecule has 1 aromatic carbocycles. The molecule has 7 nitrogen and oxygen atoms in total. The molecule has 2 heterocycles. The Labute approximate surface area is 174 Å². The second-order valence-corrected chi connectivity index (χ2v) is 7.32. The molecule has 0 saturated carbocycles. The molecule has 0 aliphatic carbocycles. The van der Waals surface area contributed by atoms with Crippen LogP contribution in [0.3, 0.4) is 0 Å². The van der Waals surface area contributed by atoms with E-state index >= 15 is 0 Å². The summed E-state index contributed by atoms with van der Waals surface area (Å²) >= 11 is 12.1. The van der Waals surface area contributed by atoms with Crippen LogP contribution in [0.4, 0.5) is 5.69 Å². The molecule has 1 aliphatic heterocycles. The highest BCUT2D eigenvalue weighted by Crippen LogP contribution is 2.24. The van der Waals surface area contributed by atoms with Crippen molar-refractivity contribution < 1.29 is 4.79 Å². The van der Waals surface area contributed by atoms with Crippen LogP contribution in [-0.4, -0.2) is 43.1 Å². The van der Waals surface area contributed by atoms with E-state index in [2.05, 4.69) is 38.0 Å². The highest BCUT2D eigenvalue weighted by Gasteiger charge is 2.16. The fraction of sp³-hybridized carbons (Fsp3) is 0.368. The monoisotopic (exact) mass is 422 g/mol. The van der Waals surface area contributed by atoms with E-state index in [1.807, 2.05) is 29.8 Å². The van der Waals surface area contributed by atoms with E-state index in [4.69, 9.17) is 23.2 Å². The standard InChI is InChI=1S/C19H24Cl2N6O/c1-22-19(25-11-15-9-16(20)18(21)26(15)2)24-10-13-3-5-14(6-4-13)27-8-7-23-17(28)12-27/h3-6,9H,7-8,10-12H2,1-2H3,(H,23,28)(H2,22,24,25). The summed E-state index contributed by atoms with van der Waals surface area (Å²) in [6, 6.07) is 10.0. The number of guanidine groups is 1. The minimum absolute atomic E-state index is 0.0627. The van der Waals surface area contributed by atoms with Gasteiger partial charge in [-0.05, 0) is 23.8 Å². The van der Waals surface area contributed by atoms with Crippen molar-refractivity contribution in [2.24, 2.45) is 12.0 Å². The van der Waals surface area contributed by atoms with E-state index < -0.39 is 0 Å². The summed E-state index contributed by atoms with van der Waals surface area (Å²) in [4.78, 5) is 17.8. The number of carbonyl (C=O) groups excluding carboxylic acids is 1. The van der Waals surface area contributed by atoms with Gasteiger partial charge in [0.05, 0.1) is 18.1 Å². The molecule has 1 aliphatic rings. The summed E-state index contributed by atoms with van der Waals surface area (Å²) in [5, 5.41) is 10.4. The zero-order valence-electron chi connectivity index (χ0n) is 15.9. The van der Waals surface area contributed by atoms with Gasteiger partial charge in [-0.25, -0.2) is 0 Å². The largest absolute Gasteiger partial charge is 0.360 e. The van der Waals surface area contributed by atoms with Gasteiger partial charge in [0.15, 0.2) is 5.96 Å². The van der Waals surface area contributed by atoms with Gasteiger partial charge in [-0.1, -0.05) is 35.3 Å². The fourth-order valence-corrected chi connectivity index (χ4v) is 3.44. The normalized spacial score (nSPS) is 14.8. The van der Waals surface area contributed by atoms with E-state index in [0.717, 1.165) is 23.5 Å². The lowest BCUT2D eigenvalue weighted by Gasteiger charge is -2.28. The molecular formula is C19H24Cl2N6O. The Morgan fingerprint density at radius 3 is 2.54 bits per heavy atom. The van der Waals surface area contributed by atoms with Crippen molar-refractivity contribution in [3.8, 4) is 0 Å². The molecule has 1 aromatic heterocycles. The minimum atomic E-state index is 0.0627. The molecule has 0 unspecified atom stereocenters. The van der Waals surface area contributed by atoms with Crippen LogP contribution in [0.1, 0.15) is 11.3 Å². The smallest absolute Gasteiger partial charge is 0.239 e. The Bertz CT molecular complexity index is 862. The molecule has 1 amide bonds. The quantitative estimate of drug-likeness (QED) is 0.509. The van der Waals surface area contributed by atoms with Gasteiger partial charge in [-0.3, -0.25) is 9.79 Å². The van der Waals surface area contributed by atoms with Gasteiger partial charge in [-0.2, -0.15) is 0 Å². The third-order valence-electron chi connectivity index (χ3n) is 4.68. The third kappa shape index (κ3) is 4.91. The first-order chi connectivity index (χ1) is 13.5. The van der Waals surface area contributed by atoms with Gasteiger partial charge in [-0.15, -0.1) is 0 Å². The first-order valence-corrected chi connectivity index (χ1v) is 9.78. The van der Waals surface area contributed by atoms with Crippen molar-refractivity contribution in [1.29, 1.82) is 0 Å². The Balaban J connectivity index is 1.52. The van der Waals surface area contributed by atoms with Crippen LogP contribution in [0, 0.1) is 0 Å². The molecule has 9 heteroatoms. The number of hydrogen-bond donors (Lipinski definition) is 3. The van der Waals surface area contributed by atoms with Crippen LogP contribution in [0.15, 0.2) is 35.3 Å². The van der Waals surface area contributed by atoms with Crippen LogP contribution in [0.2, 0.25) is 10.2 Å². The van der Waals surface area contributed by atoms with Crippen LogP contribution >= 0.6 is 23.2 Å². The lowest BCUT2D eigenvalue weighted by Crippen LogP contribution is -2.47. The number of anilines is 1. The molecule has 2 aromatic rings. The van der Waals surface area contributed by atoms with E-state index in [1.165, 1.54) is 0 Å². The topological polar surface area (TPSA) is 73.7 Å². The predicted octanol–water partition coefficient (Wildman–Crippen LogP) is 2.13. The molecule has 0 spiro atoms. The van der Waals surface area contributed by atoms with Crippen LogP contribution in [0.25, 0.3) is 0 Å². The predicted molar refractivity (Wildman–Crippen MR) is 114 cm³/mol. The molecule has 0 bridgehead atoms. The van der Waals surface area contributed by atoms with Gasteiger partial charge >= 0.3 is 0 Å². The number of nitrogens with one attached hydrogen (secondary N) is 3. The van der Waals surface area contributed by atoms with Crippen LogP contribution in [-0.2, 0) is 24.9 Å². The minimum Gasteiger partial charge on any atom is -0.360 e. The van der Waals surface area contributed by atoms with Gasteiger partial charge < -0.3 is 25.4 Å². The molecule has 3 rings (SSSR count). The van der Waals surface area contributed by atoms with Gasteiger partial charge in [0.25, 0.3) is 0 Å². The maximum atomic E-state index is 11.5. The maximum Gasteiger partial charge on any atom is 0.239 e. The number of carbonyl (C=O) groups is 1. The van der Waals surface area contributed by atoms with Crippen molar-refractivity contribution >= 4 is 40.8 Å². The van der Waals surface area contributed by atoms with Crippen molar-refractivity contribution in [2.75, 3.05) is 31.6 Å².